The predicted molar refractivity (Wildman–Crippen MR) is 81.6 cm³/mol. The summed E-state index contributed by atoms with van der Waals surface area (Å²) in [4.78, 5) is 25.3. The van der Waals surface area contributed by atoms with Crippen LogP contribution in [0.3, 0.4) is 0 Å². The van der Waals surface area contributed by atoms with Crippen LogP contribution in [0.15, 0.2) is 24.3 Å². The van der Waals surface area contributed by atoms with Crippen LogP contribution in [-0.2, 0) is 4.79 Å². The van der Waals surface area contributed by atoms with Crippen molar-refractivity contribution in [2.45, 2.75) is 39.0 Å². The third kappa shape index (κ3) is 4.88. The molecular weight excluding hydrogens is 266 g/mol. The third-order valence-corrected chi connectivity index (χ3v) is 3.83. The molecule has 4 heteroatoms. The van der Waals surface area contributed by atoms with E-state index in [1.54, 1.807) is 24.3 Å². The van der Waals surface area contributed by atoms with Gasteiger partial charge in [0.2, 0.25) is 0 Å². The minimum atomic E-state index is 0.0262. The molecule has 1 saturated heterocycles. The summed E-state index contributed by atoms with van der Waals surface area (Å²) in [6, 6.07) is 6.91. The maximum absolute atomic E-state index is 12.2. The fourth-order valence-electron chi connectivity index (χ4n) is 2.52. The smallest absolute Gasteiger partial charge is 0.260 e. The molecule has 0 radical (unpaired) electrons. The molecule has 0 aliphatic carbocycles. The van der Waals surface area contributed by atoms with Crippen molar-refractivity contribution >= 4 is 11.7 Å². The SMILES string of the molecule is CC(=O)c1ccc(OCC(=O)N2CCCCCCC2)cc1. The predicted octanol–water partition coefficient (Wildman–Crippen LogP) is 3.06. The second kappa shape index (κ2) is 7.81. The van der Waals surface area contributed by atoms with Crippen molar-refractivity contribution in [3.63, 3.8) is 0 Å². The van der Waals surface area contributed by atoms with E-state index in [1.807, 2.05) is 4.90 Å². The van der Waals surface area contributed by atoms with Gasteiger partial charge in [0.1, 0.15) is 5.75 Å². The zero-order valence-electron chi connectivity index (χ0n) is 12.6. The highest BCUT2D eigenvalue weighted by molar-refractivity contribution is 5.94. The van der Waals surface area contributed by atoms with Crippen LogP contribution < -0.4 is 4.74 Å². The first-order valence-electron chi connectivity index (χ1n) is 7.68. The molecule has 21 heavy (non-hydrogen) atoms. The van der Waals surface area contributed by atoms with Gasteiger partial charge >= 0.3 is 0 Å². The number of benzene rings is 1. The van der Waals surface area contributed by atoms with E-state index in [4.69, 9.17) is 4.74 Å². The molecule has 1 amide bonds. The lowest BCUT2D eigenvalue weighted by atomic mass is 10.1. The second-order valence-electron chi connectivity index (χ2n) is 5.52. The van der Waals surface area contributed by atoms with Gasteiger partial charge in [0.05, 0.1) is 0 Å². The molecule has 1 aromatic carbocycles. The highest BCUT2D eigenvalue weighted by atomic mass is 16.5. The molecule has 0 spiro atoms. The lowest BCUT2D eigenvalue weighted by Gasteiger charge is -2.24. The minimum Gasteiger partial charge on any atom is -0.484 e. The molecule has 4 nitrogen and oxygen atoms in total. The maximum Gasteiger partial charge on any atom is 0.260 e. The van der Waals surface area contributed by atoms with E-state index in [1.165, 1.54) is 26.2 Å². The molecule has 0 atom stereocenters. The molecule has 114 valence electrons. The number of ether oxygens (including phenoxy) is 1. The topological polar surface area (TPSA) is 46.6 Å². The molecule has 1 aliphatic heterocycles. The van der Waals surface area contributed by atoms with Crippen molar-refractivity contribution in [3.8, 4) is 5.75 Å². The van der Waals surface area contributed by atoms with Gasteiger partial charge in [-0.1, -0.05) is 19.3 Å². The standard InChI is InChI=1S/C17H23NO3/c1-14(19)15-7-9-16(10-8-15)21-13-17(20)18-11-5-3-2-4-6-12-18/h7-10H,2-6,11-13H2,1H3. The average molecular weight is 289 g/mol. The van der Waals surface area contributed by atoms with E-state index in [0.717, 1.165) is 25.9 Å². The van der Waals surface area contributed by atoms with E-state index < -0.39 is 0 Å². The zero-order chi connectivity index (χ0) is 15.1. The lowest BCUT2D eigenvalue weighted by molar-refractivity contribution is -0.133. The van der Waals surface area contributed by atoms with Gasteiger partial charge in [-0.05, 0) is 44.0 Å². The van der Waals surface area contributed by atoms with Crippen molar-refractivity contribution in [2.75, 3.05) is 19.7 Å². The Morgan fingerprint density at radius 1 is 1.00 bits per heavy atom. The average Bonchev–Trinajstić information content (AvgIpc) is 2.45. The Kier molecular flexibility index (Phi) is 5.78. The first-order valence-corrected chi connectivity index (χ1v) is 7.68. The van der Waals surface area contributed by atoms with E-state index >= 15 is 0 Å². The first kappa shape index (κ1) is 15.5. The summed E-state index contributed by atoms with van der Waals surface area (Å²) >= 11 is 0. The number of Topliss-reactive ketones (excluding diaryl/α,β-unsaturated/α-hetero) is 1. The zero-order valence-corrected chi connectivity index (χ0v) is 12.6. The number of amides is 1. The van der Waals surface area contributed by atoms with Gasteiger partial charge in [-0.15, -0.1) is 0 Å². The van der Waals surface area contributed by atoms with Crippen molar-refractivity contribution in [2.24, 2.45) is 0 Å². The van der Waals surface area contributed by atoms with E-state index in [-0.39, 0.29) is 18.3 Å². The van der Waals surface area contributed by atoms with Crippen molar-refractivity contribution < 1.29 is 14.3 Å². The normalized spacial score (nSPS) is 16.0. The van der Waals surface area contributed by atoms with Crippen LogP contribution in [0.1, 0.15) is 49.4 Å². The van der Waals surface area contributed by atoms with Crippen molar-refractivity contribution in [1.82, 2.24) is 4.90 Å². The van der Waals surface area contributed by atoms with Crippen LogP contribution in [0, 0.1) is 0 Å². The van der Waals surface area contributed by atoms with Gasteiger partial charge in [-0.2, -0.15) is 0 Å². The molecule has 2 rings (SSSR count). The summed E-state index contributed by atoms with van der Waals surface area (Å²) in [5.41, 5.74) is 0.650. The second-order valence-corrected chi connectivity index (χ2v) is 5.52. The molecule has 0 saturated carbocycles. The maximum atomic E-state index is 12.2. The number of carbonyl (C=O) groups excluding carboxylic acids is 2. The molecule has 0 unspecified atom stereocenters. The van der Waals surface area contributed by atoms with Gasteiger partial charge in [-0.3, -0.25) is 9.59 Å². The number of hydrogen-bond donors (Lipinski definition) is 0. The monoisotopic (exact) mass is 289 g/mol. The van der Waals surface area contributed by atoms with Crippen LogP contribution in [0.25, 0.3) is 0 Å². The van der Waals surface area contributed by atoms with E-state index in [2.05, 4.69) is 0 Å². The Morgan fingerprint density at radius 3 is 2.14 bits per heavy atom. The highest BCUT2D eigenvalue weighted by Gasteiger charge is 2.15. The number of carbonyl (C=O) groups is 2. The van der Waals surface area contributed by atoms with Crippen LogP contribution >= 0.6 is 0 Å². The Hall–Kier alpha value is -1.84. The lowest BCUT2D eigenvalue weighted by Crippen LogP contribution is -2.37. The minimum absolute atomic E-state index is 0.0262. The Balaban J connectivity index is 1.83. The highest BCUT2D eigenvalue weighted by Crippen LogP contribution is 2.14. The van der Waals surface area contributed by atoms with Crippen molar-refractivity contribution in [1.29, 1.82) is 0 Å². The van der Waals surface area contributed by atoms with E-state index in [9.17, 15) is 9.59 Å². The van der Waals surface area contributed by atoms with Crippen LogP contribution in [-0.4, -0.2) is 36.3 Å². The van der Waals surface area contributed by atoms with Crippen LogP contribution in [0.2, 0.25) is 0 Å². The number of hydrogen-bond acceptors (Lipinski definition) is 3. The molecule has 0 N–H and O–H groups in total. The molecule has 1 heterocycles. The Bertz CT molecular complexity index is 473. The quantitative estimate of drug-likeness (QED) is 0.800. The van der Waals surface area contributed by atoms with Gasteiger partial charge in [-0.25, -0.2) is 0 Å². The van der Waals surface area contributed by atoms with Gasteiger partial charge in [0.25, 0.3) is 5.91 Å². The van der Waals surface area contributed by atoms with Gasteiger partial charge in [0, 0.05) is 18.7 Å². The molecule has 1 fully saturated rings. The van der Waals surface area contributed by atoms with Gasteiger partial charge in [0.15, 0.2) is 12.4 Å². The summed E-state index contributed by atoms with van der Waals surface area (Å²) < 4.78 is 5.53. The van der Waals surface area contributed by atoms with Crippen LogP contribution in [0.4, 0.5) is 0 Å². The summed E-state index contributed by atoms with van der Waals surface area (Å²) in [6.45, 7) is 3.28. The van der Waals surface area contributed by atoms with Crippen molar-refractivity contribution in [3.05, 3.63) is 29.8 Å². The number of rotatable bonds is 4. The fraction of sp³-hybridized carbons (Fsp3) is 0.529. The van der Waals surface area contributed by atoms with Crippen LogP contribution in [0.5, 0.6) is 5.75 Å². The number of nitrogens with zero attached hydrogens (tertiary/aromatic N) is 1. The summed E-state index contributed by atoms with van der Waals surface area (Å²) in [5, 5.41) is 0. The number of likely N-dealkylation sites (tertiary alicyclic amines) is 1. The summed E-state index contributed by atoms with van der Waals surface area (Å²) in [5.74, 6) is 0.700. The largest absolute Gasteiger partial charge is 0.484 e. The third-order valence-electron chi connectivity index (χ3n) is 3.83. The molecule has 0 aromatic heterocycles. The Morgan fingerprint density at radius 2 is 1.57 bits per heavy atom. The summed E-state index contributed by atoms with van der Waals surface area (Å²) in [6.07, 6.45) is 5.85. The molecule has 0 bridgehead atoms. The first-order chi connectivity index (χ1) is 10.2. The van der Waals surface area contributed by atoms with E-state index in [0.29, 0.717) is 11.3 Å². The van der Waals surface area contributed by atoms with Gasteiger partial charge < -0.3 is 9.64 Å². The summed E-state index contributed by atoms with van der Waals surface area (Å²) in [7, 11) is 0. The Labute approximate surface area is 126 Å². The fourth-order valence-corrected chi connectivity index (χ4v) is 2.52. The molecule has 1 aliphatic rings. The molecular formula is C17H23NO3. The number of ketones is 1. The molecule has 1 aromatic rings.